The van der Waals surface area contributed by atoms with Gasteiger partial charge in [-0.25, -0.2) is 0 Å². The summed E-state index contributed by atoms with van der Waals surface area (Å²) >= 11 is 0. The lowest BCUT2D eigenvalue weighted by atomic mass is 9.90. The Hall–Kier alpha value is -1.46. The lowest BCUT2D eigenvalue weighted by Gasteiger charge is -2.26. The van der Waals surface area contributed by atoms with Crippen molar-refractivity contribution in [2.45, 2.75) is 32.4 Å². The van der Waals surface area contributed by atoms with E-state index in [2.05, 4.69) is 4.98 Å². The van der Waals surface area contributed by atoms with E-state index in [9.17, 15) is 9.90 Å². The number of amides is 1. The second-order valence-electron chi connectivity index (χ2n) is 6.51. The molecule has 0 bridgehead atoms. The molecule has 1 unspecified atom stereocenters. The maximum absolute atomic E-state index is 12.3. The van der Waals surface area contributed by atoms with Crippen molar-refractivity contribution in [2.75, 3.05) is 26.7 Å². The molecule has 0 aromatic carbocycles. The molecule has 0 radical (unpaired) electrons. The average molecular weight is 291 g/mol. The van der Waals surface area contributed by atoms with Crippen LogP contribution in [0.1, 0.15) is 25.8 Å². The molecule has 1 saturated heterocycles. The highest BCUT2D eigenvalue weighted by atomic mass is 16.3. The Morgan fingerprint density at radius 1 is 1.48 bits per heavy atom. The summed E-state index contributed by atoms with van der Waals surface area (Å²) in [4.78, 5) is 20.2. The van der Waals surface area contributed by atoms with E-state index in [-0.39, 0.29) is 11.8 Å². The van der Waals surface area contributed by atoms with Crippen molar-refractivity contribution in [3.05, 3.63) is 30.1 Å². The summed E-state index contributed by atoms with van der Waals surface area (Å²) in [5, 5.41) is 10.0. The van der Waals surface area contributed by atoms with Gasteiger partial charge in [0.2, 0.25) is 5.91 Å². The Morgan fingerprint density at radius 2 is 2.14 bits per heavy atom. The monoisotopic (exact) mass is 291 g/mol. The smallest absolute Gasteiger partial charge is 0.236 e. The van der Waals surface area contributed by atoms with E-state index in [0.717, 1.165) is 25.1 Å². The Morgan fingerprint density at radius 3 is 2.71 bits per heavy atom. The van der Waals surface area contributed by atoms with Gasteiger partial charge in [0.15, 0.2) is 0 Å². The highest BCUT2D eigenvalue weighted by Gasteiger charge is 2.35. The number of aliphatic hydroxyl groups is 1. The highest BCUT2D eigenvalue weighted by Crippen LogP contribution is 2.27. The molecule has 1 fully saturated rings. The standard InChI is InChI=1S/C16H25N3O2/c1-16(2,21)14-6-9-19(11-14)15(20)12-18(3)10-13-4-7-17-8-5-13/h4-5,7-8,14,21H,6,9-12H2,1-3H3. The van der Waals surface area contributed by atoms with Crippen molar-refractivity contribution in [1.82, 2.24) is 14.8 Å². The number of carbonyl (C=O) groups is 1. The fourth-order valence-electron chi connectivity index (χ4n) is 2.75. The number of aromatic nitrogens is 1. The summed E-state index contributed by atoms with van der Waals surface area (Å²) in [6.45, 7) is 6.18. The minimum Gasteiger partial charge on any atom is -0.390 e. The minimum absolute atomic E-state index is 0.137. The minimum atomic E-state index is -0.710. The van der Waals surface area contributed by atoms with Gasteiger partial charge in [0.25, 0.3) is 0 Å². The number of likely N-dealkylation sites (N-methyl/N-ethyl adjacent to an activating group) is 1. The second-order valence-corrected chi connectivity index (χ2v) is 6.51. The Kier molecular flexibility index (Phi) is 4.96. The Bertz CT molecular complexity index is 470. The van der Waals surface area contributed by atoms with Crippen molar-refractivity contribution in [3.8, 4) is 0 Å². The molecule has 0 aliphatic carbocycles. The van der Waals surface area contributed by atoms with Gasteiger partial charge in [-0.3, -0.25) is 14.7 Å². The number of pyridine rings is 1. The van der Waals surface area contributed by atoms with Gasteiger partial charge in [-0.15, -0.1) is 0 Å². The van der Waals surface area contributed by atoms with Crippen LogP contribution in [0.4, 0.5) is 0 Å². The summed E-state index contributed by atoms with van der Waals surface area (Å²) < 4.78 is 0. The van der Waals surface area contributed by atoms with Gasteiger partial charge in [-0.1, -0.05) is 0 Å². The van der Waals surface area contributed by atoms with Crippen LogP contribution in [-0.2, 0) is 11.3 Å². The first-order valence-corrected chi connectivity index (χ1v) is 7.44. The van der Waals surface area contributed by atoms with Crippen molar-refractivity contribution in [2.24, 2.45) is 5.92 Å². The number of hydrogen-bond acceptors (Lipinski definition) is 4. The fraction of sp³-hybridized carbons (Fsp3) is 0.625. The van der Waals surface area contributed by atoms with E-state index >= 15 is 0 Å². The molecular formula is C16H25N3O2. The number of likely N-dealkylation sites (tertiary alicyclic amines) is 1. The number of carbonyl (C=O) groups excluding carboxylic acids is 1. The summed E-state index contributed by atoms with van der Waals surface area (Å²) in [6, 6.07) is 3.92. The van der Waals surface area contributed by atoms with Crippen LogP contribution >= 0.6 is 0 Å². The molecular weight excluding hydrogens is 266 g/mol. The SMILES string of the molecule is CN(CC(=O)N1CCC(C(C)(C)O)C1)Cc1ccncc1. The molecule has 1 amide bonds. The van der Waals surface area contributed by atoms with Crippen molar-refractivity contribution >= 4 is 5.91 Å². The van der Waals surface area contributed by atoms with Crippen LogP contribution in [0.2, 0.25) is 0 Å². The van der Waals surface area contributed by atoms with Crippen molar-refractivity contribution in [1.29, 1.82) is 0 Å². The molecule has 1 aliphatic rings. The fourth-order valence-corrected chi connectivity index (χ4v) is 2.75. The molecule has 116 valence electrons. The maximum atomic E-state index is 12.3. The molecule has 1 atom stereocenters. The third kappa shape index (κ3) is 4.51. The Balaban J connectivity index is 1.82. The van der Waals surface area contributed by atoms with Gasteiger partial charge in [0.05, 0.1) is 12.1 Å². The molecule has 0 saturated carbocycles. The van der Waals surface area contributed by atoms with Crippen LogP contribution in [0.5, 0.6) is 0 Å². The summed E-state index contributed by atoms with van der Waals surface area (Å²) in [5.41, 5.74) is 0.439. The molecule has 1 aliphatic heterocycles. The molecule has 2 rings (SSSR count). The summed E-state index contributed by atoms with van der Waals surface area (Å²) in [6.07, 6.45) is 4.40. The summed E-state index contributed by atoms with van der Waals surface area (Å²) in [5.74, 6) is 0.310. The molecule has 5 nitrogen and oxygen atoms in total. The van der Waals surface area contributed by atoms with E-state index in [1.54, 1.807) is 12.4 Å². The van der Waals surface area contributed by atoms with E-state index in [0.29, 0.717) is 13.1 Å². The van der Waals surface area contributed by atoms with Crippen LogP contribution in [0.25, 0.3) is 0 Å². The second kappa shape index (κ2) is 6.54. The van der Waals surface area contributed by atoms with E-state index in [4.69, 9.17) is 0 Å². The van der Waals surface area contributed by atoms with Crippen LogP contribution in [0, 0.1) is 5.92 Å². The zero-order valence-electron chi connectivity index (χ0n) is 13.1. The number of rotatable bonds is 5. The predicted molar refractivity (Wildman–Crippen MR) is 81.6 cm³/mol. The third-order valence-corrected chi connectivity index (χ3v) is 4.15. The molecule has 1 aromatic heterocycles. The van der Waals surface area contributed by atoms with Crippen molar-refractivity contribution in [3.63, 3.8) is 0 Å². The molecule has 5 heteroatoms. The quantitative estimate of drug-likeness (QED) is 0.883. The largest absolute Gasteiger partial charge is 0.390 e. The molecule has 0 spiro atoms. The molecule has 1 aromatic rings. The van der Waals surface area contributed by atoms with E-state index < -0.39 is 5.60 Å². The topological polar surface area (TPSA) is 56.7 Å². The normalized spacial score (nSPS) is 19.3. The van der Waals surface area contributed by atoms with Crippen LogP contribution < -0.4 is 0 Å². The zero-order valence-corrected chi connectivity index (χ0v) is 13.1. The van der Waals surface area contributed by atoms with E-state index in [1.165, 1.54) is 0 Å². The first kappa shape index (κ1) is 15.9. The predicted octanol–water partition coefficient (Wildman–Crippen LogP) is 1.13. The van der Waals surface area contributed by atoms with Crippen molar-refractivity contribution < 1.29 is 9.90 Å². The molecule has 21 heavy (non-hydrogen) atoms. The van der Waals surface area contributed by atoms with Gasteiger partial charge in [-0.2, -0.15) is 0 Å². The lowest BCUT2D eigenvalue weighted by molar-refractivity contribution is -0.131. The van der Waals surface area contributed by atoms with Gasteiger partial charge in [0.1, 0.15) is 0 Å². The maximum Gasteiger partial charge on any atom is 0.236 e. The van der Waals surface area contributed by atoms with Crippen LogP contribution in [0.15, 0.2) is 24.5 Å². The van der Waals surface area contributed by atoms with Gasteiger partial charge < -0.3 is 10.0 Å². The van der Waals surface area contributed by atoms with Crippen LogP contribution in [-0.4, -0.2) is 58.1 Å². The zero-order chi connectivity index (χ0) is 15.5. The summed E-state index contributed by atoms with van der Waals surface area (Å²) in [7, 11) is 1.95. The average Bonchev–Trinajstić information content (AvgIpc) is 2.89. The Labute approximate surface area is 126 Å². The van der Waals surface area contributed by atoms with Gasteiger partial charge in [0, 0.05) is 37.9 Å². The van der Waals surface area contributed by atoms with Crippen LogP contribution in [0.3, 0.4) is 0 Å². The first-order valence-electron chi connectivity index (χ1n) is 7.44. The highest BCUT2D eigenvalue weighted by molar-refractivity contribution is 5.78. The lowest BCUT2D eigenvalue weighted by Crippen LogP contribution is -2.39. The third-order valence-electron chi connectivity index (χ3n) is 4.15. The van der Waals surface area contributed by atoms with Gasteiger partial charge >= 0.3 is 0 Å². The number of nitrogens with zero attached hydrogens (tertiary/aromatic N) is 3. The molecule has 2 heterocycles. The number of hydrogen-bond donors (Lipinski definition) is 1. The van der Waals surface area contributed by atoms with Gasteiger partial charge in [-0.05, 0) is 45.0 Å². The first-order chi connectivity index (χ1) is 9.86. The van der Waals surface area contributed by atoms with E-state index in [1.807, 2.05) is 42.8 Å². The molecule has 1 N–H and O–H groups in total.